The highest BCUT2D eigenvalue weighted by Gasteiger charge is 2.14. The number of piperidine rings is 1. The minimum absolute atomic E-state index is 0.649. The summed E-state index contributed by atoms with van der Waals surface area (Å²) < 4.78 is 0. The molecule has 6 heteroatoms. The average Bonchev–Trinajstić information content (AvgIpc) is 3.44. The van der Waals surface area contributed by atoms with E-state index in [4.69, 9.17) is 0 Å². The molecule has 4 rings (SSSR count). The van der Waals surface area contributed by atoms with Crippen molar-refractivity contribution in [2.45, 2.75) is 26.7 Å². The zero-order chi connectivity index (χ0) is 21.8. The van der Waals surface area contributed by atoms with Gasteiger partial charge in [-0.25, -0.2) is 0 Å². The van der Waals surface area contributed by atoms with E-state index in [0.717, 1.165) is 46.2 Å². The van der Waals surface area contributed by atoms with Crippen LogP contribution in [-0.2, 0) is 0 Å². The molecular weight excluding hydrogens is 402 g/mol. The minimum atomic E-state index is 0.649. The first-order chi connectivity index (χ1) is 15.0. The number of pyridine rings is 1. The van der Waals surface area contributed by atoms with E-state index in [2.05, 4.69) is 81.8 Å². The molecule has 1 fully saturated rings. The van der Waals surface area contributed by atoms with Crippen molar-refractivity contribution in [2.75, 3.05) is 18.4 Å². The number of hydrogen-bond acceptors (Lipinski definition) is 5. The summed E-state index contributed by atoms with van der Waals surface area (Å²) in [5, 5.41) is 20.3. The topological polar surface area (TPSA) is 65.6 Å². The lowest BCUT2D eigenvalue weighted by Gasteiger charge is -2.23. The van der Waals surface area contributed by atoms with E-state index >= 15 is 0 Å². The molecule has 5 nitrogen and oxygen atoms in total. The maximum absolute atomic E-state index is 4.47. The van der Waals surface area contributed by atoms with Gasteiger partial charge < -0.3 is 10.6 Å². The number of nitrogens with zero attached hydrogens (tertiary/aromatic N) is 2. The highest BCUT2D eigenvalue weighted by atomic mass is 32.1. The van der Waals surface area contributed by atoms with Crippen molar-refractivity contribution in [1.82, 2.24) is 20.5 Å². The lowest BCUT2D eigenvalue weighted by Crippen LogP contribution is -2.28. The first-order valence-electron chi connectivity index (χ1n) is 10.6. The number of hydrogen-bond donors (Lipinski definition) is 3. The van der Waals surface area contributed by atoms with Crippen LogP contribution in [0, 0.1) is 12.8 Å². The largest absolute Gasteiger partial charge is 0.353 e. The Morgan fingerprint density at radius 1 is 1.29 bits per heavy atom. The summed E-state index contributed by atoms with van der Waals surface area (Å²) >= 11 is 1.68. The molecule has 1 aliphatic rings. The number of anilines is 1. The fraction of sp³-hybridized carbons (Fsp3) is 0.280. The van der Waals surface area contributed by atoms with Crippen LogP contribution in [-0.4, -0.2) is 28.3 Å². The summed E-state index contributed by atoms with van der Waals surface area (Å²) in [7, 11) is 0. The Labute approximate surface area is 187 Å². The van der Waals surface area contributed by atoms with Crippen molar-refractivity contribution in [2.24, 2.45) is 5.92 Å². The molecule has 0 aliphatic carbocycles. The summed E-state index contributed by atoms with van der Waals surface area (Å²) in [6, 6.07) is 2.11. The van der Waals surface area contributed by atoms with Crippen LogP contribution in [0.15, 0.2) is 47.4 Å². The third-order valence-electron chi connectivity index (χ3n) is 6.01. The molecular formula is C25H29N5S. The molecule has 0 amide bonds. The molecule has 3 aromatic rings. The van der Waals surface area contributed by atoms with Crippen LogP contribution in [0.4, 0.5) is 5.69 Å². The van der Waals surface area contributed by atoms with Gasteiger partial charge in [-0.1, -0.05) is 24.8 Å². The van der Waals surface area contributed by atoms with E-state index < -0.39 is 0 Å². The van der Waals surface area contributed by atoms with E-state index in [-0.39, 0.29) is 0 Å². The molecule has 0 unspecified atom stereocenters. The second-order valence-electron chi connectivity index (χ2n) is 8.04. The smallest absolute Gasteiger partial charge is 0.115 e. The maximum atomic E-state index is 4.47. The normalized spacial score (nSPS) is 15.9. The third-order valence-corrected chi connectivity index (χ3v) is 6.70. The van der Waals surface area contributed by atoms with E-state index in [1.165, 1.54) is 24.0 Å². The second-order valence-corrected chi connectivity index (χ2v) is 8.82. The van der Waals surface area contributed by atoms with Crippen LogP contribution in [0.3, 0.4) is 0 Å². The highest BCUT2D eigenvalue weighted by Crippen LogP contribution is 2.30. The van der Waals surface area contributed by atoms with Crippen LogP contribution in [0.5, 0.6) is 0 Å². The van der Waals surface area contributed by atoms with Crippen molar-refractivity contribution in [1.29, 1.82) is 0 Å². The number of rotatable bonds is 6. The number of allylic oxidation sites excluding steroid dienone is 2. The van der Waals surface area contributed by atoms with Crippen LogP contribution in [0.25, 0.3) is 29.5 Å². The molecule has 160 valence electrons. The lowest BCUT2D eigenvalue weighted by atomic mass is 9.91. The van der Waals surface area contributed by atoms with Gasteiger partial charge in [0, 0.05) is 17.0 Å². The first-order valence-corrected chi connectivity index (χ1v) is 11.5. The van der Waals surface area contributed by atoms with Gasteiger partial charge in [0.05, 0.1) is 22.9 Å². The number of thiophene rings is 1. The zero-order valence-corrected chi connectivity index (χ0v) is 19.0. The molecule has 3 aromatic heterocycles. The van der Waals surface area contributed by atoms with Crippen molar-refractivity contribution in [3.63, 3.8) is 0 Å². The molecule has 0 bridgehead atoms. The fourth-order valence-corrected chi connectivity index (χ4v) is 4.63. The van der Waals surface area contributed by atoms with E-state index in [0.29, 0.717) is 11.6 Å². The van der Waals surface area contributed by atoms with E-state index in [1.807, 2.05) is 12.4 Å². The van der Waals surface area contributed by atoms with Crippen molar-refractivity contribution in [3.05, 3.63) is 69.3 Å². The fourth-order valence-electron chi connectivity index (χ4n) is 3.98. The molecule has 0 spiro atoms. The Kier molecular flexibility index (Phi) is 6.49. The Hall–Kier alpha value is -2.96. The molecule has 1 saturated heterocycles. The Bertz CT molecular complexity index is 1200. The van der Waals surface area contributed by atoms with E-state index in [9.17, 15) is 0 Å². The van der Waals surface area contributed by atoms with E-state index in [1.54, 1.807) is 11.3 Å². The van der Waals surface area contributed by atoms with Gasteiger partial charge in [-0.3, -0.25) is 10.1 Å². The van der Waals surface area contributed by atoms with Crippen molar-refractivity contribution >= 4 is 35.4 Å². The number of H-pyrrole nitrogens is 1. The van der Waals surface area contributed by atoms with Gasteiger partial charge in [-0.05, 0) is 79.7 Å². The summed E-state index contributed by atoms with van der Waals surface area (Å²) in [6.45, 7) is 14.9. The predicted octanol–water partition coefficient (Wildman–Crippen LogP) is 4.06. The second kappa shape index (κ2) is 9.45. The first kappa shape index (κ1) is 21.3. The van der Waals surface area contributed by atoms with Gasteiger partial charge in [0.1, 0.15) is 5.69 Å². The Morgan fingerprint density at radius 2 is 2.10 bits per heavy atom. The number of nitrogens with one attached hydrogen (secondary N) is 3. The SMILES string of the molecule is C=C(Nc1cncc(-c2ccsc2)c1C)c1n[nH]/c(=C/C=C(\C)C2CCNCC2)c1=C. The highest BCUT2D eigenvalue weighted by molar-refractivity contribution is 7.08. The molecule has 3 N–H and O–H groups in total. The summed E-state index contributed by atoms with van der Waals surface area (Å²) in [6.07, 6.45) is 10.4. The molecule has 0 atom stereocenters. The van der Waals surface area contributed by atoms with Gasteiger partial charge in [-0.15, -0.1) is 0 Å². The van der Waals surface area contributed by atoms with Gasteiger partial charge in [0.25, 0.3) is 0 Å². The van der Waals surface area contributed by atoms with Crippen LogP contribution >= 0.6 is 11.3 Å². The minimum Gasteiger partial charge on any atom is -0.353 e. The molecule has 1 aliphatic heterocycles. The van der Waals surface area contributed by atoms with Gasteiger partial charge in [0.15, 0.2) is 0 Å². The monoisotopic (exact) mass is 431 g/mol. The lowest BCUT2D eigenvalue weighted by molar-refractivity contribution is 0.420. The van der Waals surface area contributed by atoms with Gasteiger partial charge in [0.2, 0.25) is 0 Å². The average molecular weight is 432 g/mol. The Balaban J connectivity index is 1.54. The molecule has 0 saturated carbocycles. The molecule has 0 radical (unpaired) electrons. The van der Waals surface area contributed by atoms with Crippen molar-refractivity contribution < 1.29 is 0 Å². The molecule has 31 heavy (non-hydrogen) atoms. The summed E-state index contributed by atoms with van der Waals surface area (Å²) in [4.78, 5) is 4.41. The van der Waals surface area contributed by atoms with Crippen molar-refractivity contribution in [3.8, 4) is 11.1 Å². The van der Waals surface area contributed by atoms with Crippen LogP contribution < -0.4 is 21.2 Å². The molecule has 0 aromatic carbocycles. The van der Waals surface area contributed by atoms with Gasteiger partial charge >= 0.3 is 0 Å². The third kappa shape index (κ3) is 4.70. The Morgan fingerprint density at radius 3 is 2.84 bits per heavy atom. The number of aromatic nitrogens is 3. The quantitative estimate of drug-likeness (QED) is 0.551. The summed E-state index contributed by atoms with van der Waals surface area (Å²) in [5.74, 6) is 0.649. The number of aromatic amines is 1. The van der Waals surface area contributed by atoms with Crippen LogP contribution in [0.1, 0.15) is 31.0 Å². The zero-order valence-electron chi connectivity index (χ0n) is 18.2. The summed E-state index contributed by atoms with van der Waals surface area (Å²) in [5.41, 5.74) is 7.18. The van der Waals surface area contributed by atoms with Gasteiger partial charge in [-0.2, -0.15) is 16.4 Å². The molecule has 4 heterocycles. The standard InChI is InChI=1S/C25H29N5S/c1-16(20-7-10-26-11-8-20)5-6-23-18(3)25(30-29-23)19(4)28-24-14-27-13-22(17(24)2)21-9-12-31-15-21/h5-6,9,12-15,20,26,28-29H,3-4,7-8,10-11H2,1-2H3/b16-5+,23-6+. The van der Waals surface area contributed by atoms with Crippen LogP contribution in [0.2, 0.25) is 0 Å². The maximum Gasteiger partial charge on any atom is 0.115 e. The predicted molar refractivity (Wildman–Crippen MR) is 132 cm³/mol.